The van der Waals surface area contributed by atoms with Crippen LogP contribution in [-0.2, 0) is 16.6 Å². The smallest absolute Gasteiger partial charge is 0.251 e. The molecule has 10 heteroatoms. The minimum atomic E-state index is -3.76. The molecule has 1 amide bonds. The lowest BCUT2D eigenvalue weighted by Gasteiger charge is -2.21. The van der Waals surface area contributed by atoms with Gasteiger partial charge in [-0.3, -0.25) is 4.79 Å². The Kier molecular flexibility index (Phi) is 7.05. The number of nitrogens with zero attached hydrogens (tertiary/aromatic N) is 4. The van der Waals surface area contributed by atoms with Crippen LogP contribution >= 0.6 is 0 Å². The van der Waals surface area contributed by atoms with Gasteiger partial charge in [-0.25, -0.2) is 18.1 Å². The minimum Gasteiger partial charge on any atom is -0.495 e. The van der Waals surface area contributed by atoms with E-state index in [0.717, 1.165) is 36.9 Å². The molecule has 0 radical (unpaired) electrons. The third kappa shape index (κ3) is 5.23. The van der Waals surface area contributed by atoms with E-state index in [1.54, 1.807) is 17.1 Å². The van der Waals surface area contributed by atoms with Crippen molar-refractivity contribution in [3.8, 4) is 11.4 Å². The van der Waals surface area contributed by atoms with Gasteiger partial charge in [0.2, 0.25) is 10.0 Å². The quantitative estimate of drug-likeness (QED) is 0.570. The second-order valence-electron chi connectivity index (χ2n) is 7.87. The summed E-state index contributed by atoms with van der Waals surface area (Å²) in [7, 11) is -2.33. The molecule has 0 spiro atoms. The SMILES string of the molecule is COc1ccc(C(=O)NCc2ccc(-n3cncn3)cc2)cc1S(=O)(=O)N1CCCCCC1. The number of ether oxygens (including phenoxy) is 1. The second-order valence-corrected chi connectivity index (χ2v) is 9.78. The molecule has 33 heavy (non-hydrogen) atoms. The van der Waals surface area contributed by atoms with Crippen LogP contribution in [0.1, 0.15) is 41.6 Å². The maximum absolute atomic E-state index is 13.3. The summed E-state index contributed by atoms with van der Waals surface area (Å²) < 4.78 is 35.1. The molecule has 3 aromatic rings. The lowest BCUT2D eigenvalue weighted by atomic mass is 10.1. The number of carbonyl (C=O) groups is 1. The molecule has 0 unspecified atom stereocenters. The van der Waals surface area contributed by atoms with Gasteiger partial charge in [0.25, 0.3) is 5.91 Å². The van der Waals surface area contributed by atoms with Crippen LogP contribution in [0, 0.1) is 0 Å². The molecule has 9 nitrogen and oxygen atoms in total. The molecule has 0 aliphatic carbocycles. The van der Waals surface area contributed by atoms with Crippen LogP contribution in [0.3, 0.4) is 0 Å². The van der Waals surface area contributed by atoms with Crippen molar-refractivity contribution in [1.29, 1.82) is 0 Å². The average molecular weight is 470 g/mol. The molecule has 174 valence electrons. The molecule has 2 heterocycles. The predicted octanol–water partition coefficient (Wildman–Crippen LogP) is 2.77. The van der Waals surface area contributed by atoms with E-state index < -0.39 is 10.0 Å². The molecule has 0 atom stereocenters. The van der Waals surface area contributed by atoms with E-state index in [1.165, 1.54) is 29.9 Å². The van der Waals surface area contributed by atoms with E-state index in [4.69, 9.17) is 4.74 Å². The van der Waals surface area contributed by atoms with Crippen LogP contribution in [-0.4, -0.2) is 53.6 Å². The van der Waals surface area contributed by atoms with Crippen molar-refractivity contribution in [3.05, 3.63) is 66.2 Å². The van der Waals surface area contributed by atoms with Crippen molar-refractivity contribution in [1.82, 2.24) is 24.4 Å². The van der Waals surface area contributed by atoms with Crippen molar-refractivity contribution in [2.45, 2.75) is 37.1 Å². The second kappa shape index (κ2) is 10.1. The van der Waals surface area contributed by atoms with Crippen molar-refractivity contribution in [3.63, 3.8) is 0 Å². The summed E-state index contributed by atoms with van der Waals surface area (Å²) in [6, 6.07) is 12.1. The van der Waals surface area contributed by atoms with Crippen molar-refractivity contribution in [2.75, 3.05) is 20.2 Å². The number of rotatable bonds is 7. The maximum Gasteiger partial charge on any atom is 0.251 e. The number of sulfonamides is 1. The Hall–Kier alpha value is -3.24. The van der Waals surface area contributed by atoms with E-state index >= 15 is 0 Å². The normalized spacial score (nSPS) is 15.1. The molecule has 0 bridgehead atoms. The first-order valence-corrected chi connectivity index (χ1v) is 12.3. The number of hydrogen-bond acceptors (Lipinski definition) is 6. The number of amides is 1. The molecular formula is C23H27N5O4S. The Balaban J connectivity index is 1.49. The molecule has 2 aromatic carbocycles. The van der Waals surface area contributed by atoms with E-state index in [1.807, 2.05) is 24.3 Å². The number of methoxy groups -OCH3 is 1. The van der Waals surface area contributed by atoms with Crippen molar-refractivity contribution in [2.24, 2.45) is 0 Å². The van der Waals surface area contributed by atoms with Crippen LogP contribution < -0.4 is 10.1 Å². The molecule has 1 aliphatic heterocycles. The summed E-state index contributed by atoms with van der Waals surface area (Å²) >= 11 is 0. The van der Waals surface area contributed by atoms with Gasteiger partial charge in [0.05, 0.1) is 12.8 Å². The molecule has 0 saturated carbocycles. The Bertz CT molecular complexity index is 1190. The van der Waals surface area contributed by atoms with Crippen molar-refractivity contribution >= 4 is 15.9 Å². The molecule has 1 fully saturated rings. The zero-order chi connectivity index (χ0) is 23.3. The van der Waals surface area contributed by atoms with E-state index in [-0.39, 0.29) is 22.1 Å². The zero-order valence-electron chi connectivity index (χ0n) is 18.5. The Morgan fingerprint density at radius 3 is 2.42 bits per heavy atom. The molecular weight excluding hydrogens is 442 g/mol. The first-order chi connectivity index (χ1) is 16.0. The molecule has 1 aromatic heterocycles. The Morgan fingerprint density at radius 1 is 1.06 bits per heavy atom. The summed E-state index contributed by atoms with van der Waals surface area (Å²) in [5, 5.41) is 6.94. The van der Waals surface area contributed by atoms with E-state index in [9.17, 15) is 13.2 Å². The number of nitrogens with one attached hydrogen (secondary N) is 1. The highest BCUT2D eigenvalue weighted by atomic mass is 32.2. The van der Waals surface area contributed by atoms with Crippen LogP contribution in [0.15, 0.2) is 60.0 Å². The van der Waals surface area contributed by atoms with Gasteiger partial charge in [0.1, 0.15) is 23.3 Å². The summed E-state index contributed by atoms with van der Waals surface area (Å²) in [6.07, 6.45) is 6.77. The third-order valence-electron chi connectivity index (χ3n) is 5.68. The first kappa shape index (κ1) is 22.9. The topological polar surface area (TPSA) is 106 Å². The van der Waals surface area contributed by atoms with Gasteiger partial charge in [0, 0.05) is 25.2 Å². The van der Waals surface area contributed by atoms with Gasteiger partial charge in [-0.15, -0.1) is 0 Å². The van der Waals surface area contributed by atoms with Crippen LogP contribution in [0.4, 0.5) is 0 Å². The lowest BCUT2D eigenvalue weighted by molar-refractivity contribution is 0.0950. The fourth-order valence-corrected chi connectivity index (χ4v) is 5.53. The van der Waals surface area contributed by atoms with Gasteiger partial charge in [-0.2, -0.15) is 9.40 Å². The number of aromatic nitrogens is 3. The maximum atomic E-state index is 13.3. The fraction of sp³-hybridized carbons (Fsp3) is 0.348. The lowest BCUT2D eigenvalue weighted by Crippen LogP contribution is -2.32. The summed E-state index contributed by atoms with van der Waals surface area (Å²) in [5.41, 5.74) is 2.03. The van der Waals surface area contributed by atoms with Crippen molar-refractivity contribution < 1.29 is 17.9 Å². The van der Waals surface area contributed by atoms with E-state index in [0.29, 0.717) is 19.6 Å². The summed E-state index contributed by atoms with van der Waals surface area (Å²) in [6.45, 7) is 1.26. The van der Waals surface area contributed by atoms with Gasteiger partial charge < -0.3 is 10.1 Å². The number of benzene rings is 2. The van der Waals surface area contributed by atoms with Crippen LogP contribution in [0.5, 0.6) is 5.75 Å². The highest BCUT2D eigenvalue weighted by molar-refractivity contribution is 7.89. The molecule has 1 aliphatic rings. The van der Waals surface area contributed by atoms with Crippen LogP contribution in [0.25, 0.3) is 5.69 Å². The van der Waals surface area contributed by atoms with Gasteiger partial charge >= 0.3 is 0 Å². The molecule has 1 N–H and O–H groups in total. The molecule has 1 saturated heterocycles. The standard InChI is InChI=1S/C23H27N5O4S/c1-32-21-11-8-19(14-22(21)33(30,31)27-12-4-2-3-5-13-27)23(29)25-15-18-6-9-20(10-7-18)28-17-24-16-26-28/h6-11,14,16-17H,2-5,12-13,15H2,1H3,(H,25,29). The fourth-order valence-electron chi connectivity index (χ4n) is 3.83. The number of carbonyl (C=O) groups excluding carboxylic acids is 1. The monoisotopic (exact) mass is 469 g/mol. The third-order valence-corrected chi connectivity index (χ3v) is 7.60. The number of hydrogen-bond donors (Lipinski definition) is 1. The summed E-state index contributed by atoms with van der Waals surface area (Å²) in [5.74, 6) is -0.121. The Morgan fingerprint density at radius 2 is 1.79 bits per heavy atom. The summed E-state index contributed by atoms with van der Waals surface area (Å²) in [4.78, 5) is 16.7. The van der Waals surface area contributed by atoms with Gasteiger partial charge in [0.15, 0.2) is 0 Å². The van der Waals surface area contributed by atoms with Gasteiger partial charge in [-0.05, 0) is 48.7 Å². The largest absolute Gasteiger partial charge is 0.495 e. The van der Waals surface area contributed by atoms with Crippen LogP contribution in [0.2, 0.25) is 0 Å². The predicted molar refractivity (Wildman–Crippen MR) is 123 cm³/mol. The van der Waals surface area contributed by atoms with Gasteiger partial charge in [-0.1, -0.05) is 25.0 Å². The zero-order valence-corrected chi connectivity index (χ0v) is 19.3. The van der Waals surface area contributed by atoms with E-state index in [2.05, 4.69) is 15.4 Å². The molecule has 4 rings (SSSR count). The highest BCUT2D eigenvalue weighted by Gasteiger charge is 2.29. The first-order valence-electron chi connectivity index (χ1n) is 10.9. The average Bonchev–Trinajstić information content (AvgIpc) is 3.24. The minimum absolute atomic E-state index is 0.0248. The highest BCUT2D eigenvalue weighted by Crippen LogP contribution is 2.29. The Labute approximate surface area is 193 Å².